The van der Waals surface area contributed by atoms with Crippen molar-refractivity contribution in [2.75, 3.05) is 23.5 Å². The van der Waals surface area contributed by atoms with Crippen LogP contribution in [0.1, 0.15) is 6.42 Å². The maximum atomic E-state index is 12.2. The number of carbonyl (C=O) groups is 1. The second-order valence-corrected chi connectivity index (χ2v) is 8.14. The Morgan fingerprint density at radius 1 is 1.44 bits per heavy atom. The summed E-state index contributed by atoms with van der Waals surface area (Å²) < 4.78 is 61.6. The Morgan fingerprint density at radius 2 is 2.11 bits per heavy atom. The third-order valence-corrected chi connectivity index (χ3v) is 5.29. The second kappa shape index (κ2) is 7.72. The molecule has 0 spiro atoms. The first-order valence-corrected chi connectivity index (χ1v) is 9.58. The molecule has 148 valence electrons. The van der Waals surface area contributed by atoms with Crippen LogP contribution in [-0.4, -0.2) is 54.0 Å². The Bertz CT molecular complexity index is 946. The lowest BCUT2D eigenvalue weighted by Crippen LogP contribution is -2.31. The molecule has 0 aliphatic heterocycles. The molecule has 0 atom stereocenters. The van der Waals surface area contributed by atoms with Crippen LogP contribution in [0.2, 0.25) is 5.15 Å². The third kappa shape index (κ3) is 5.82. The molecule has 0 unspecified atom stereocenters. The number of hydrogen-bond donors (Lipinski definition) is 1. The van der Waals surface area contributed by atoms with Crippen LogP contribution in [0.15, 0.2) is 30.7 Å². The lowest BCUT2D eigenvalue weighted by molar-refractivity contribution is -0.904. The summed E-state index contributed by atoms with van der Waals surface area (Å²) in [5.74, 6) is -3.66. The molecule has 8 nitrogen and oxygen atoms in total. The Morgan fingerprint density at radius 3 is 2.70 bits per heavy atom. The molecule has 0 fully saturated rings. The molecule has 2 aromatic heterocycles. The number of sulfone groups is 1. The van der Waals surface area contributed by atoms with E-state index < -0.39 is 39.8 Å². The standard InChI is InChI=1S/C14H15ClF3N4O4S/c1-20(12(23)4-6-27(25,26)9-14(16,17)18)11-8-22(19-13(11)15)10-3-2-5-21(24)7-10/h2-3,5,7-8,24H,4,6,9H2,1H3/q+1. The predicted octanol–water partition coefficient (Wildman–Crippen LogP) is 1.38. The van der Waals surface area contributed by atoms with Crippen molar-refractivity contribution in [1.29, 1.82) is 0 Å². The van der Waals surface area contributed by atoms with E-state index in [0.717, 1.165) is 9.63 Å². The molecule has 1 amide bonds. The minimum Gasteiger partial charge on any atom is -0.311 e. The molecular formula is C14H15ClF3N4O4S+. The number of amides is 1. The summed E-state index contributed by atoms with van der Waals surface area (Å²) in [6.07, 6.45) is -1.46. The number of hydrogen-bond acceptors (Lipinski definition) is 5. The molecule has 1 N–H and O–H groups in total. The lowest BCUT2D eigenvalue weighted by atomic mass is 10.4. The third-order valence-electron chi connectivity index (χ3n) is 3.43. The molecule has 2 heterocycles. The maximum Gasteiger partial charge on any atom is 0.402 e. The number of halogens is 4. The maximum absolute atomic E-state index is 12.2. The smallest absolute Gasteiger partial charge is 0.311 e. The molecule has 0 aliphatic rings. The van der Waals surface area contributed by atoms with Gasteiger partial charge in [-0.05, 0) is 6.07 Å². The molecule has 13 heteroatoms. The van der Waals surface area contributed by atoms with Gasteiger partial charge in [0.1, 0.15) is 17.1 Å². The summed E-state index contributed by atoms with van der Waals surface area (Å²) in [6, 6.07) is 3.14. The van der Waals surface area contributed by atoms with Gasteiger partial charge in [-0.3, -0.25) is 10.0 Å². The predicted molar refractivity (Wildman–Crippen MR) is 88.7 cm³/mol. The normalized spacial score (nSPS) is 12.2. The largest absolute Gasteiger partial charge is 0.402 e. The van der Waals surface area contributed by atoms with E-state index in [2.05, 4.69) is 5.10 Å². The number of nitrogens with zero attached hydrogens (tertiary/aromatic N) is 4. The van der Waals surface area contributed by atoms with Crippen LogP contribution < -0.4 is 9.63 Å². The molecule has 27 heavy (non-hydrogen) atoms. The van der Waals surface area contributed by atoms with Crippen molar-refractivity contribution < 1.29 is 36.3 Å². The number of aromatic nitrogens is 3. The fraction of sp³-hybridized carbons (Fsp3) is 0.357. The summed E-state index contributed by atoms with van der Waals surface area (Å²) in [4.78, 5) is 13.2. The zero-order chi connectivity index (χ0) is 20.4. The van der Waals surface area contributed by atoms with Crippen LogP contribution >= 0.6 is 11.6 Å². The van der Waals surface area contributed by atoms with Gasteiger partial charge in [0.05, 0.1) is 11.9 Å². The molecule has 0 aromatic carbocycles. The van der Waals surface area contributed by atoms with E-state index in [9.17, 15) is 31.6 Å². The summed E-state index contributed by atoms with van der Waals surface area (Å²) in [5, 5.41) is 13.3. The van der Waals surface area contributed by atoms with Gasteiger partial charge in [-0.25, -0.2) is 13.1 Å². The van der Waals surface area contributed by atoms with E-state index in [1.165, 1.54) is 36.4 Å². The van der Waals surface area contributed by atoms with Crippen LogP contribution in [0.4, 0.5) is 18.9 Å². The first kappa shape index (κ1) is 21.0. The van der Waals surface area contributed by atoms with E-state index in [1.807, 2.05) is 0 Å². The van der Waals surface area contributed by atoms with Crippen LogP contribution in [0.3, 0.4) is 0 Å². The number of pyridine rings is 1. The monoisotopic (exact) mass is 427 g/mol. The minimum atomic E-state index is -4.86. The van der Waals surface area contributed by atoms with E-state index in [1.54, 1.807) is 6.07 Å². The zero-order valence-electron chi connectivity index (χ0n) is 13.9. The van der Waals surface area contributed by atoms with Gasteiger partial charge >= 0.3 is 6.18 Å². The van der Waals surface area contributed by atoms with Crippen molar-refractivity contribution in [2.45, 2.75) is 12.6 Å². The Labute approximate surface area is 157 Å². The van der Waals surface area contributed by atoms with E-state index >= 15 is 0 Å². The Balaban J connectivity index is 2.11. The van der Waals surface area contributed by atoms with Crippen LogP contribution in [-0.2, 0) is 14.6 Å². The molecule has 0 saturated carbocycles. The Kier molecular flexibility index (Phi) is 6.00. The van der Waals surface area contributed by atoms with E-state index in [4.69, 9.17) is 11.6 Å². The first-order chi connectivity index (χ1) is 12.4. The molecule has 0 radical (unpaired) electrons. The quantitative estimate of drug-likeness (QED) is 0.555. The number of alkyl halides is 3. The second-order valence-electron chi connectivity index (χ2n) is 5.60. The summed E-state index contributed by atoms with van der Waals surface area (Å²) in [5.41, 5.74) is 0.546. The number of anilines is 1. The number of carbonyl (C=O) groups excluding carboxylic acids is 1. The zero-order valence-corrected chi connectivity index (χ0v) is 15.5. The van der Waals surface area contributed by atoms with Gasteiger partial charge in [-0.2, -0.15) is 18.3 Å². The van der Waals surface area contributed by atoms with Crippen molar-refractivity contribution in [2.24, 2.45) is 0 Å². The fourth-order valence-electron chi connectivity index (χ4n) is 2.15. The highest BCUT2D eigenvalue weighted by Crippen LogP contribution is 2.25. The molecule has 0 bridgehead atoms. The topological polar surface area (TPSA) is 96.4 Å². The van der Waals surface area contributed by atoms with Gasteiger partial charge in [0.25, 0.3) is 0 Å². The SMILES string of the molecule is CN(C(=O)CCS(=O)(=O)CC(F)(F)F)c1cn(-c2ccc[n+](O)c2)nc1Cl. The molecule has 2 rings (SSSR count). The van der Waals surface area contributed by atoms with Gasteiger partial charge in [-0.1, -0.05) is 11.6 Å². The van der Waals surface area contributed by atoms with Crippen LogP contribution in [0, 0.1) is 0 Å². The highest BCUT2D eigenvalue weighted by molar-refractivity contribution is 7.91. The highest BCUT2D eigenvalue weighted by atomic mass is 35.5. The van der Waals surface area contributed by atoms with Gasteiger partial charge in [-0.15, -0.1) is 0 Å². The fourth-order valence-corrected chi connectivity index (χ4v) is 3.54. The van der Waals surface area contributed by atoms with Gasteiger partial charge in [0, 0.05) is 24.3 Å². The summed E-state index contributed by atoms with van der Waals surface area (Å²) in [6.45, 7) is 0. The van der Waals surface area contributed by atoms with Gasteiger partial charge in [0.15, 0.2) is 15.0 Å². The Hall–Kier alpha value is -2.34. The van der Waals surface area contributed by atoms with E-state index in [0.29, 0.717) is 5.69 Å². The molecule has 2 aromatic rings. The molecule has 0 saturated heterocycles. The van der Waals surface area contributed by atoms with Crippen molar-refractivity contribution >= 4 is 33.0 Å². The van der Waals surface area contributed by atoms with Crippen molar-refractivity contribution in [1.82, 2.24) is 9.78 Å². The van der Waals surface area contributed by atoms with Crippen LogP contribution in [0.5, 0.6) is 0 Å². The molecule has 0 aliphatic carbocycles. The van der Waals surface area contributed by atoms with Crippen LogP contribution in [0.25, 0.3) is 5.69 Å². The van der Waals surface area contributed by atoms with Crippen molar-refractivity contribution in [3.8, 4) is 5.69 Å². The van der Waals surface area contributed by atoms with Gasteiger partial charge < -0.3 is 4.90 Å². The molecular weight excluding hydrogens is 413 g/mol. The average Bonchev–Trinajstić information content (AvgIpc) is 2.91. The number of rotatable bonds is 6. The van der Waals surface area contributed by atoms with Crippen molar-refractivity contribution in [3.05, 3.63) is 35.9 Å². The van der Waals surface area contributed by atoms with Gasteiger partial charge in [0.2, 0.25) is 18.3 Å². The average molecular weight is 428 g/mol. The van der Waals surface area contributed by atoms with E-state index in [-0.39, 0.29) is 10.8 Å². The summed E-state index contributed by atoms with van der Waals surface area (Å²) in [7, 11) is -3.16. The first-order valence-electron chi connectivity index (χ1n) is 7.38. The highest BCUT2D eigenvalue weighted by Gasteiger charge is 2.35. The lowest BCUT2D eigenvalue weighted by Gasteiger charge is -2.15. The summed E-state index contributed by atoms with van der Waals surface area (Å²) >= 11 is 5.99. The van der Waals surface area contributed by atoms with Crippen molar-refractivity contribution in [3.63, 3.8) is 0 Å². The minimum absolute atomic E-state index is 0.0858.